The zero-order valence-electron chi connectivity index (χ0n) is 16.1. The fourth-order valence-corrected chi connectivity index (χ4v) is 3.48. The van der Waals surface area contributed by atoms with Crippen molar-refractivity contribution in [3.8, 4) is 5.75 Å². The summed E-state index contributed by atoms with van der Waals surface area (Å²) in [5.41, 5.74) is 3.35. The minimum absolute atomic E-state index is 0. The number of aromatic nitrogens is 2. The predicted molar refractivity (Wildman–Crippen MR) is 113 cm³/mol. The maximum absolute atomic E-state index is 13.5. The molecule has 6 nitrogen and oxygen atoms in total. The highest BCUT2D eigenvalue weighted by atomic mass is 19.1. The SMILES string of the molecule is CNC(=O)c1ncc2[nH]c3cccc(OCc4cccc(F)c4)c3c2c1COC.[HH].[HH]. The molecule has 0 aliphatic carbocycles. The molecule has 0 atom stereocenters. The van der Waals surface area contributed by atoms with Crippen LogP contribution in [-0.2, 0) is 18.0 Å². The number of hydrogen-bond acceptors (Lipinski definition) is 4. The van der Waals surface area contributed by atoms with Gasteiger partial charge in [0.2, 0.25) is 0 Å². The topological polar surface area (TPSA) is 76.2 Å². The Morgan fingerprint density at radius 1 is 1.17 bits per heavy atom. The molecule has 7 heteroatoms. The smallest absolute Gasteiger partial charge is 0.270 e. The standard InChI is InChI=1S/C22H20FN3O3.2H2/c1-24-22(27)21-15(12-28-2)19-17(10-25-21)26-16-7-4-8-18(20(16)19)29-11-13-5-3-6-14(23)9-13;;/h3-10,26H,11-12H2,1-2H3,(H,24,27);2*1H. The maximum atomic E-state index is 13.5. The van der Waals surface area contributed by atoms with Gasteiger partial charge in [-0.05, 0) is 29.8 Å². The van der Waals surface area contributed by atoms with Crippen molar-refractivity contribution in [2.45, 2.75) is 13.2 Å². The van der Waals surface area contributed by atoms with Crippen molar-refractivity contribution >= 4 is 27.7 Å². The van der Waals surface area contributed by atoms with E-state index in [1.54, 1.807) is 26.4 Å². The number of ether oxygens (including phenoxy) is 2. The summed E-state index contributed by atoms with van der Waals surface area (Å²) in [6.07, 6.45) is 1.63. The van der Waals surface area contributed by atoms with Crippen LogP contribution in [0.4, 0.5) is 4.39 Å². The van der Waals surface area contributed by atoms with Gasteiger partial charge in [-0.2, -0.15) is 0 Å². The number of fused-ring (bicyclic) bond motifs is 3. The number of nitrogens with zero attached hydrogens (tertiary/aromatic N) is 1. The summed E-state index contributed by atoms with van der Waals surface area (Å²) in [7, 11) is 3.14. The molecule has 0 unspecified atom stereocenters. The fraction of sp³-hybridized carbons (Fsp3) is 0.182. The molecule has 152 valence electrons. The van der Waals surface area contributed by atoms with E-state index < -0.39 is 0 Å². The van der Waals surface area contributed by atoms with E-state index in [0.717, 1.165) is 27.4 Å². The van der Waals surface area contributed by atoms with Crippen molar-refractivity contribution in [2.24, 2.45) is 0 Å². The Balaban J connectivity index is 0.00000171. The molecule has 0 aliphatic heterocycles. The van der Waals surface area contributed by atoms with Gasteiger partial charge in [-0.15, -0.1) is 0 Å². The highest BCUT2D eigenvalue weighted by molar-refractivity contribution is 6.14. The van der Waals surface area contributed by atoms with Crippen LogP contribution in [0.5, 0.6) is 5.75 Å². The molecule has 2 aromatic carbocycles. The Morgan fingerprint density at radius 2 is 2.00 bits per heavy atom. The third kappa shape index (κ3) is 3.52. The molecule has 0 fully saturated rings. The Morgan fingerprint density at radius 3 is 2.76 bits per heavy atom. The maximum Gasteiger partial charge on any atom is 0.270 e. The lowest BCUT2D eigenvalue weighted by molar-refractivity contribution is 0.0953. The van der Waals surface area contributed by atoms with E-state index in [2.05, 4.69) is 15.3 Å². The molecular weight excluding hydrogens is 373 g/mol. The number of methoxy groups -OCH3 is 1. The number of H-pyrrole nitrogens is 1. The van der Waals surface area contributed by atoms with Gasteiger partial charge in [0.1, 0.15) is 23.9 Å². The quantitative estimate of drug-likeness (QED) is 0.505. The molecule has 0 saturated carbocycles. The molecule has 29 heavy (non-hydrogen) atoms. The summed E-state index contributed by atoms with van der Waals surface area (Å²) in [5.74, 6) is 0.0379. The molecule has 1 amide bonds. The fourth-order valence-electron chi connectivity index (χ4n) is 3.48. The van der Waals surface area contributed by atoms with Crippen LogP contribution in [0, 0.1) is 5.82 Å². The van der Waals surface area contributed by atoms with Crippen LogP contribution < -0.4 is 10.1 Å². The molecular formula is C22H24FN3O3. The van der Waals surface area contributed by atoms with Crippen LogP contribution in [-0.4, -0.2) is 30.0 Å². The molecule has 0 saturated heterocycles. The Bertz CT molecular complexity index is 1210. The van der Waals surface area contributed by atoms with Crippen LogP contribution in [0.3, 0.4) is 0 Å². The van der Waals surface area contributed by atoms with Gasteiger partial charge in [-0.1, -0.05) is 18.2 Å². The molecule has 2 aromatic heterocycles. The zero-order chi connectivity index (χ0) is 20.4. The van der Waals surface area contributed by atoms with Crippen LogP contribution in [0.2, 0.25) is 0 Å². The van der Waals surface area contributed by atoms with Gasteiger partial charge in [-0.25, -0.2) is 9.37 Å². The molecule has 4 rings (SSSR count). The third-order valence-corrected chi connectivity index (χ3v) is 4.74. The van der Waals surface area contributed by atoms with E-state index in [-0.39, 0.29) is 27.8 Å². The van der Waals surface area contributed by atoms with E-state index in [1.807, 2.05) is 24.3 Å². The molecule has 4 aromatic rings. The lowest BCUT2D eigenvalue weighted by atomic mass is 10.0. The van der Waals surface area contributed by atoms with Crippen molar-refractivity contribution < 1.29 is 21.5 Å². The first-order valence-electron chi connectivity index (χ1n) is 9.13. The number of nitrogens with one attached hydrogen (secondary N) is 2. The summed E-state index contributed by atoms with van der Waals surface area (Å²) in [4.78, 5) is 20.0. The molecule has 0 bridgehead atoms. The van der Waals surface area contributed by atoms with Gasteiger partial charge in [0.25, 0.3) is 5.91 Å². The van der Waals surface area contributed by atoms with E-state index in [9.17, 15) is 9.18 Å². The predicted octanol–water partition coefficient (Wildman–Crippen LogP) is 4.43. The first-order valence-corrected chi connectivity index (χ1v) is 9.13. The second-order valence-electron chi connectivity index (χ2n) is 6.61. The van der Waals surface area contributed by atoms with Gasteiger partial charge in [-0.3, -0.25) is 4.79 Å². The number of benzene rings is 2. The van der Waals surface area contributed by atoms with Crippen molar-refractivity contribution in [2.75, 3.05) is 14.2 Å². The van der Waals surface area contributed by atoms with E-state index in [1.165, 1.54) is 12.1 Å². The second-order valence-corrected chi connectivity index (χ2v) is 6.61. The monoisotopic (exact) mass is 397 g/mol. The van der Waals surface area contributed by atoms with Crippen LogP contribution >= 0.6 is 0 Å². The van der Waals surface area contributed by atoms with Gasteiger partial charge in [0.05, 0.1) is 23.8 Å². The number of aromatic amines is 1. The normalized spacial score (nSPS) is 11.1. The highest BCUT2D eigenvalue weighted by Gasteiger charge is 2.20. The van der Waals surface area contributed by atoms with Gasteiger partial charge < -0.3 is 19.8 Å². The molecule has 0 spiro atoms. The highest BCUT2D eigenvalue weighted by Crippen LogP contribution is 2.36. The van der Waals surface area contributed by atoms with Crippen LogP contribution in [0.1, 0.15) is 24.5 Å². The first-order chi connectivity index (χ1) is 14.1. The minimum atomic E-state index is -0.305. The van der Waals surface area contributed by atoms with Crippen molar-refractivity contribution in [3.63, 3.8) is 0 Å². The average molecular weight is 397 g/mol. The van der Waals surface area contributed by atoms with Gasteiger partial charge >= 0.3 is 0 Å². The number of rotatable bonds is 6. The molecule has 2 N–H and O–H groups in total. The first kappa shape index (κ1) is 18.9. The summed E-state index contributed by atoms with van der Waals surface area (Å²) in [5, 5.41) is 4.27. The Labute approximate surface area is 169 Å². The van der Waals surface area contributed by atoms with E-state index in [0.29, 0.717) is 17.0 Å². The van der Waals surface area contributed by atoms with Crippen LogP contribution in [0.15, 0.2) is 48.7 Å². The van der Waals surface area contributed by atoms with E-state index >= 15 is 0 Å². The van der Waals surface area contributed by atoms with Crippen molar-refractivity contribution in [3.05, 3.63) is 71.3 Å². The van der Waals surface area contributed by atoms with Gasteiger partial charge in [0.15, 0.2) is 0 Å². The van der Waals surface area contributed by atoms with Crippen molar-refractivity contribution in [1.82, 2.24) is 15.3 Å². The Hall–Kier alpha value is -3.45. The molecule has 0 radical (unpaired) electrons. The number of amides is 1. The second kappa shape index (κ2) is 7.89. The van der Waals surface area contributed by atoms with E-state index in [4.69, 9.17) is 9.47 Å². The van der Waals surface area contributed by atoms with Gasteiger partial charge in [0, 0.05) is 33.3 Å². The largest absolute Gasteiger partial charge is 0.488 e. The average Bonchev–Trinajstić information content (AvgIpc) is 3.12. The summed E-state index contributed by atoms with van der Waals surface area (Å²) in [6, 6.07) is 12.0. The Kier molecular flexibility index (Phi) is 5.14. The third-order valence-electron chi connectivity index (χ3n) is 4.74. The summed E-state index contributed by atoms with van der Waals surface area (Å²) >= 11 is 0. The number of pyridine rings is 1. The summed E-state index contributed by atoms with van der Waals surface area (Å²) in [6.45, 7) is 0.439. The van der Waals surface area contributed by atoms with Crippen molar-refractivity contribution in [1.29, 1.82) is 0 Å². The number of halogens is 1. The summed E-state index contributed by atoms with van der Waals surface area (Å²) < 4.78 is 24.9. The number of carbonyl (C=O) groups excluding carboxylic acids is 1. The zero-order valence-corrected chi connectivity index (χ0v) is 16.1. The minimum Gasteiger partial charge on any atom is -0.488 e. The molecule has 2 heterocycles. The number of carbonyl (C=O) groups is 1. The van der Waals surface area contributed by atoms with Crippen LogP contribution in [0.25, 0.3) is 21.8 Å². The lowest BCUT2D eigenvalue weighted by Gasteiger charge is -2.11. The number of hydrogen-bond donors (Lipinski definition) is 2. The lowest BCUT2D eigenvalue weighted by Crippen LogP contribution is -2.21. The molecule has 0 aliphatic rings.